The number of piperidine rings is 1. The molecule has 0 unspecified atom stereocenters. The molecule has 1 N–H and O–H groups in total. The Kier molecular flexibility index (Phi) is 4.73. The van der Waals surface area contributed by atoms with Gasteiger partial charge in [-0.2, -0.15) is 5.10 Å². The van der Waals surface area contributed by atoms with Crippen LogP contribution in [0.15, 0.2) is 42.9 Å². The Hall–Kier alpha value is -4.01. The normalized spacial score (nSPS) is 18.0. The summed E-state index contributed by atoms with van der Waals surface area (Å²) in [5, 5.41) is 6.76. The summed E-state index contributed by atoms with van der Waals surface area (Å²) in [6.45, 7) is 0.320. The maximum atomic E-state index is 13.0. The van der Waals surface area contributed by atoms with Crippen molar-refractivity contribution in [1.82, 2.24) is 25.0 Å². The predicted molar refractivity (Wildman–Crippen MR) is 114 cm³/mol. The van der Waals surface area contributed by atoms with Crippen LogP contribution in [0.25, 0.3) is 22.4 Å². The monoisotopic (exact) mass is 431 g/mol. The molecule has 2 aliphatic rings. The zero-order chi connectivity index (χ0) is 22.4. The zero-order valence-electron chi connectivity index (χ0n) is 17.7. The maximum absolute atomic E-state index is 13.0. The smallest absolute Gasteiger partial charge is 0.255 e. The molecule has 9 heteroatoms. The molecule has 0 radical (unpaired) electrons. The molecule has 3 amide bonds. The molecule has 32 heavy (non-hydrogen) atoms. The number of hydrogen-bond acceptors (Lipinski definition) is 6. The SMILES string of the molecule is COc1ccncc1-c1c(-c2ccc3c(c2)CN([C@H]2CCC(=O)NC2=O)C3=O)cnn1C. The maximum Gasteiger partial charge on any atom is 0.255 e. The summed E-state index contributed by atoms with van der Waals surface area (Å²) in [7, 11) is 3.46. The first-order valence-electron chi connectivity index (χ1n) is 10.3. The molecular weight excluding hydrogens is 410 g/mol. The van der Waals surface area contributed by atoms with Crippen molar-refractivity contribution in [2.45, 2.75) is 25.4 Å². The van der Waals surface area contributed by atoms with Crippen molar-refractivity contribution in [3.05, 3.63) is 54.0 Å². The quantitative estimate of drug-likeness (QED) is 0.633. The molecule has 3 aromatic rings. The van der Waals surface area contributed by atoms with Crippen molar-refractivity contribution < 1.29 is 19.1 Å². The van der Waals surface area contributed by atoms with E-state index in [1.54, 1.807) is 47.4 Å². The predicted octanol–water partition coefficient (Wildman–Crippen LogP) is 1.92. The number of ether oxygens (including phenoxy) is 1. The van der Waals surface area contributed by atoms with E-state index in [9.17, 15) is 14.4 Å². The van der Waals surface area contributed by atoms with Crippen molar-refractivity contribution in [3.8, 4) is 28.1 Å². The highest BCUT2D eigenvalue weighted by atomic mass is 16.5. The Morgan fingerprint density at radius 1 is 1.09 bits per heavy atom. The lowest BCUT2D eigenvalue weighted by Crippen LogP contribution is -2.52. The van der Waals surface area contributed by atoms with E-state index in [0.29, 0.717) is 24.3 Å². The van der Waals surface area contributed by atoms with Gasteiger partial charge in [-0.1, -0.05) is 6.07 Å². The van der Waals surface area contributed by atoms with Gasteiger partial charge in [0, 0.05) is 43.5 Å². The first-order chi connectivity index (χ1) is 15.5. The number of imide groups is 1. The van der Waals surface area contributed by atoms with Gasteiger partial charge in [0.25, 0.3) is 5.91 Å². The number of fused-ring (bicyclic) bond motifs is 1. The minimum absolute atomic E-state index is 0.193. The Labute approximate surface area is 184 Å². The van der Waals surface area contributed by atoms with Gasteiger partial charge in [0.05, 0.1) is 24.6 Å². The fourth-order valence-electron chi connectivity index (χ4n) is 4.45. The van der Waals surface area contributed by atoms with Crippen molar-refractivity contribution in [2.75, 3.05) is 7.11 Å². The Bertz CT molecular complexity index is 1270. The molecule has 162 valence electrons. The van der Waals surface area contributed by atoms with Crippen LogP contribution in [0.2, 0.25) is 0 Å². The summed E-state index contributed by atoms with van der Waals surface area (Å²) in [5.74, 6) is -0.222. The molecule has 4 heterocycles. The average molecular weight is 431 g/mol. The van der Waals surface area contributed by atoms with Crippen LogP contribution >= 0.6 is 0 Å². The lowest BCUT2D eigenvalue weighted by molar-refractivity contribution is -0.136. The molecule has 1 atom stereocenters. The molecule has 2 aliphatic heterocycles. The first-order valence-corrected chi connectivity index (χ1v) is 10.3. The second kappa shape index (κ2) is 7.60. The summed E-state index contributed by atoms with van der Waals surface area (Å²) in [5.41, 5.74) is 4.85. The summed E-state index contributed by atoms with van der Waals surface area (Å²) >= 11 is 0. The number of nitrogens with zero attached hydrogens (tertiary/aromatic N) is 4. The average Bonchev–Trinajstić information content (AvgIpc) is 3.33. The van der Waals surface area contributed by atoms with Crippen LogP contribution in [0.3, 0.4) is 0 Å². The van der Waals surface area contributed by atoms with Gasteiger partial charge in [-0.15, -0.1) is 0 Å². The van der Waals surface area contributed by atoms with Crippen molar-refractivity contribution in [2.24, 2.45) is 7.05 Å². The molecule has 9 nitrogen and oxygen atoms in total. The number of aryl methyl sites for hydroxylation is 1. The number of amides is 3. The largest absolute Gasteiger partial charge is 0.496 e. The number of aromatic nitrogens is 3. The van der Waals surface area contributed by atoms with Crippen LogP contribution in [0, 0.1) is 0 Å². The van der Waals surface area contributed by atoms with E-state index in [0.717, 1.165) is 27.9 Å². The summed E-state index contributed by atoms with van der Waals surface area (Å²) in [6, 6.07) is 6.79. The molecular formula is C23H21N5O4. The minimum Gasteiger partial charge on any atom is -0.496 e. The summed E-state index contributed by atoms with van der Waals surface area (Å²) < 4.78 is 7.27. The highest BCUT2D eigenvalue weighted by molar-refractivity contribution is 6.05. The number of benzene rings is 1. The molecule has 0 aliphatic carbocycles. The van der Waals surface area contributed by atoms with Crippen LogP contribution < -0.4 is 10.1 Å². The number of carbonyl (C=O) groups is 3. The van der Waals surface area contributed by atoms with Gasteiger partial charge < -0.3 is 9.64 Å². The Morgan fingerprint density at radius 3 is 2.72 bits per heavy atom. The van der Waals surface area contributed by atoms with Gasteiger partial charge in [-0.3, -0.25) is 29.4 Å². The van der Waals surface area contributed by atoms with Crippen molar-refractivity contribution >= 4 is 17.7 Å². The van der Waals surface area contributed by atoms with Crippen LogP contribution in [0.1, 0.15) is 28.8 Å². The second-order valence-corrected chi connectivity index (χ2v) is 7.88. The first kappa shape index (κ1) is 19.9. The standard InChI is InChI=1S/C23H21N5O4/c1-27-21(17-10-24-8-7-19(17)32-2)16(11-25-27)13-3-4-15-14(9-13)12-28(23(15)31)18-5-6-20(29)26-22(18)30/h3-4,7-11,18H,5-6,12H2,1-2H3,(H,26,29,30)/t18-/m0/s1. The third-order valence-corrected chi connectivity index (χ3v) is 6.03. The van der Waals surface area contributed by atoms with E-state index in [-0.39, 0.29) is 18.2 Å². The molecule has 5 rings (SSSR count). The third-order valence-electron chi connectivity index (χ3n) is 6.03. The third kappa shape index (κ3) is 3.13. The Balaban J connectivity index is 1.51. The van der Waals surface area contributed by atoms with Crippen molar-refractivity contribution in [3.63, 3.8) is 0 Å². The summed E-state index contributed by atoms with van der Waals surface area (Å²) in [6.07, 6.45) is 5.75. The lowest BCUT2D eigenvalue weighted by Gasteiger charge is -2.29. The highest BCUT2D eigenvalue weighted by Crippen LogP contribution is 2.38. The molecule has 2 aromatic heterocycles. The van der Waals surface area contributed by atoms with E-state index in [1.165, 1.54) is 0 Å². The number of carbonyl (C=O) groups excluding carboxylic acids is 3. The van der Waals surface area contributed by atoms with Crippen LogP contribution in [0.4, 0.5) is 0 Å². The van der Waals surface area contributed by atoms with Gasteiger partial charge in [0.1, 0.15) is 11.8 Å². The van der Waals surface area contributed by atoms with Gasteiger partial charge >= 0.3 is 0 Å². The lowest BCUT2D eigenvalue weighted by atomic mass is 9.98. The van der Waals surface area contributed by atoms with Gasteiger partial charge in [0.15, 0.2) is 0 Å². The van der Waals surface area contributed by atoms with Gasteiger partial charge in [0.2, 0.25) is 11.8 Å². The van der Waals surface area contributed by atoms with E-state index in [4.69, 9.17) is 4.74 Å². The van der Waals surface area contributed by atoms with Crippen LogP contribution in [0.5, 0.6) is 5.75 Å². The topological polar surface area (TPSA) is 106 Å². The molecule has 1 aromatic carbocycles. The minimum atomic E-state index is -0.635. The fourth-order valence-corrected chi connectivity index (χ4v) is 4.45. The summed E-state index contributed by atoms with van der Waals surface area (Å²) in [4.78, 5) is 42.5. The van der Waals surface area contributed by atoms with Crippen LogP contribution in [-0.4, -0.2) is 50.5 Å². The van der Waals surface area contributed by atoms with Gasteiger partial charge in [-0.25, -0.2) is 0 Å². The number of rotatable bonds is 4. The molecule has 0 spiro atoms. The molecule has 1 saturated heterocycles. The van der Waals surface area contributed by atoms with E-state index >= 15 is 0 Å². The van der Waals surface area contributed by atoms with E-state index in [1.807, 2.05) is 19.2 Å². The fraction of sp³-hybridized carbons (Fsp3) is 0.261. The highest BCUT2D eigenvalue weighted by Gasteiger charge is 2.39. The Morgan fingerprint density at radius 2 is 1.94 bits per heavy atom. The zero-order valence-corrected chi connectivity index (χ0v) is 17.7. The molecule has 0 bridgehead atoms. The van der Waals surface area contributed by atoms with E-state index < -0.39 is 11.9 Å². The van der Waals surface area contributed by atoms with E-state index in [2.05, 4.69) is 15.4 Å². The number of hydrogen-bond donors (Lipinski definition) is 1. The molecule has 1 fully saturated rings. The number of nitrogens with one attached hydrogen (secondary N) is 1. The van der Waals surface area contributed by atoms with Crippen molar-refractivity contribution in [1.29, 1.82) is 0 Å². The number of pyridine rings is 1. The van der Waals surface area contributed by atoms with Crippen LogP contribution in [-0.2, 0) is 23.2 Å². The molecule has 0 saturated carbocycles. The van der Waals surface area contributed by atoms with Gasteiger partial charge in [-0.05, 0) is 35.7 Å². The second-order valence-electron chi connectivity index (χ2n) is 7.88. The number of methoxy groups -OCH3 is 1.